The van der Waals surface area contributed by atoms with Gasteiger partial charge in [-0.05, 0) is 51.0 Å². The fourth-order valence-corrected chi connectivity index (χ4v) is 4.35. The van der Waals surface area contributed by atoms with E-state index in [2.05, 4.69) is 4.98 Å². The summed E-state index contributed by atoms with van der Waals surface area (Å²) in [6.07, 6.45) is 1.63. The fourth-order valence-electron chi connectivity index (χ4n) is 4.35. The molecule has 0 aliphatic carbocycles. The van der Waals surface area contributed by atoms with Crippen molar-refractivity contribution in [3.63, 3.8) is 0 Å². The highest BCUT2D eigenvalue weighted by molar-refractivity contribution is 6.35. The maximum atomic E-state index is 13.5. The van der Waals surface area contributed by atoms with Crippen LogP contribution in [0.4, 0.5) is 0 Å². The average molecular weight is 405 g/mol. The molecule has 2 aliphatic heterocycles. The number of carbonyl (C=O) groups excluding carboxylic acids is 2. The lowest BCUT2D eigenvalue weighted by Gasteiger charge is -2.37. The molecule has 0 radical (unpaired) electrons. The van der Waals surface area contributed by atoms with Crippen LogP contribution in [0.15, 0.2) is 48.3 Å². The third-order valence-electron chi connectivity index (χ3n) is 5.58. The Hall–Kier alpha value is -2.99. The minimum atomic E-state index is -0.264. The van der Waals surface area contributed by atoms with E-state index in [0.717, 1.165) is 16.7 Å². The van der Waals surface area contributed by atoms with Gasteiger partial charge in [-0.1, -0.05) is 29.8 Å². The van der Waals surface area contributed by atoms with Crippen LogP contribution in [0, 0.1) is 13.8 Å². The number of aromatic nitrogens is 1. The Labute approximate surface area is 177 Å². The summed E-state index contributed by atoms with van der Waals surface area (Å²) in [5, 5.41) is 0. The lowest BCUT2D eigenvalue weighted by atomic mass is 9.97. The van der Waals surface area contributed by atoms with Crippen LogP contribution in [-0.2, 0) is 20.9 Å². The summed E-state index contributed by atoms with van der Waals surface area (Å²) in [4.78, 5) is 34.7. The third-order valence-corrected chi connectivity index (χ3v) is 5.58. The molecule has 2 atom stereocenters. The summed E-state index contributed by atoms with van der Waals surface area (Å²) >= 11 is 0. The lowest BCUT2D eigenvalue weighted by molar-refractivity contribution is -0.139. The number of nitrogens with zero attached hydrogens (tertiary/aromatic N) is 3. The van der Waals surface area contributed by atoms with Crippen molar-refractivity contribution in [2.45, 2.75) is 46.4 Å². The van der Waals surface area contributed by atoms with E-state index in [0.29, 0.717) is 30.1 Å². The zero-order valence-corrected chi connectivity index (χ0v) is 17.9. The molecular formula is C24H27N3O3. The van der Waals surface area contributed by atoms with Crippen molar-refractivity contribution in [2.75, 3.05) is 13.1 Å². The van der Waals surface area contributed by atoms with Crippen LogP contribution in [0.25, 0.3) is 5.57 Å². The Balaban J connectivity index is 1.79. The SMILES string of the molecule is Cc1ccc(C2=C(N3CC(C)OC(C)C3)C(=O)N(Cc3ccccn3)C2=O)c(C)c1. The first-order valence-electron chi connectivity index (χ1n) is 10.3. The smallest absolute Gasteiger partial charge is 0.278 e. The number of aryl methyl sites for hydroxylation is 2. The number of rotatable bonds is 4. The lowest BCUT2D eigenvalue weighted by Crippen LogP contribution is -2.46. The number of pyridine rings is 1. The van der Waals surface area contributed by atoms with Gasteiger partial charge >= 0.3 is 0 Å². The van der Waals surface area contributed by atoms with Crippen LogP contribution in [0.5, 0.6) is 0 Å². The standard InChI is InChI=1S/C24H27N3O3/c1-15-8-9-20(16(2)11-15)21-22(26-12-17(3)30-18(4)13-26)24(29)27(23(21)28)14-19-7-5-6-10-25-19/h5-11,17-18H,12-14H2,1-4H3. The van der Waals surface area contributed by atoms with Gasteiger partial charge in [0, 0.05) is 19.3 Å². The van der Waals surface area contributed by atoms with Crippen molar-refractivity contribution < 1.29 is 14.3 Å². The number of morpholine rings is 1. The monoisotopic (exact) mass is 405 g/mol. The van der Waals surface area contributed by atoms with Gasteiger partial charge in [-0.15, -0.1) is 0 Å². The first-order chi connectivity index (χ1) is 14.3. The van der Waals surface area contributed by atoms with Crippen molar-refractivity contribution >= 4 is 17.4 Å². The highest BCUT2D eigenvalue weighted by Crippen LogP contribution is 2.35. The second-order valence-electron chi connectivity index (χ2n) is 8.22. The van der Waals surface area contributed by atoms with Gasteiger partial charge < -0.3 is 9.64 Å². The van der Waals surface area contributed by atoms with Crippen molar-refractivity contribution in [1.29, 1.82) is 0 Å². The van der Waals surface area contributed by atoms with Crippen LogP contribution >= 0.6 is 0 Å². The van der Waals surface area contributed by atoms with Gasteiger partial charge in [0.05, 0.1) is 30.0 Å². The zero-order valence-electron chi connectivity index (χ0n) is 17.9. The Morgan fingerprint density at radius 1 is 1.03 bits per heavy atom. The molecular weight excluding hydrogens is 378 g/mol. The minimum absolute atomic E-state index is 0.0191. The number of hydrogen-bond donors (Lipinski definition) is 0. The molecule has 2 aliphatic rings. The van der Waals surface area contributed by atoms with Crippen molar-refractivity contribution in [3.05, 3.63) is 70.7 Å². The molecule has 0 bridgehead atoms. The Morgan fingerprint density at radius 2 is 1.77 bits per heavy atom. The minimum Gasteiger partial charge on any atom is -0.372 e. The number of carbonyl (C=O) groups is 2. The van der Waals surface area contributed by atoms with Crippen LogP contribution in [0.1, 0.15) is 36.2 Å². The molecule has 2 unspecified atom stereocenters. The highest BCUT2D eigenvalue weighted by atomic mass is 16.5. The van der Waals surface area contributed by atoms with E-state index >= 15 is 0 Å². The molecule has 4 rings (SSSR count). The van der Waals surface area contributed by atoms with Gasteiger partial charge in [-0.25, -0.2) is 0 Å². The number of benzene rings is 1. The Kier molecular flexibility index (Phi) is 5.43. The molecule has 0 N–H and O–H groups in total. The summed E-state index contributed by atoms with van der Waals surface area (Å²) in [6, 6.07) is 11.5. The second-order valence-corrected chi connectivity index (χ2v) is 8.22. The summed E-state index contributed by atoms with van der Waals surface area (Å²) < 4.78 is 5.86. The molecule has 6 heteroatoms. The Bertz CT molecular complexity index is 1010. The van der Waals surface area contributed by atoms with Crippen molar-refractivity contribution in [3.8, 4) is 0 Å². The topological polar surface area (TPSA) is 62.7 Å². The molecule has 1 saturated heterocycles. The number of imide groups is 1. The molecule has 0 saturated carbocycles. The van der Waals surface area contributed by atoms with Gasteiger partial charge in [0.1, 0.15) is 5.70 Å². The van der Waals surface area contributed by atoms with Crippen LogP contribution in [0.3, 0.4) is 0 Å². The predicted octanol–water partition coefficient (Wildman–Crippen LogP) is 3.09. The molecule has 1 aromatic heterocycles. The van der Waals surface area contributed by atoms with E-state index in [-0.39, 0.29) is 30.6 Å². The van der Waals surface area contributed by atoms with Crippen LogP contribution in [-0.4, -0.2) is 51.9 Å². The van der Waals surface area contributed by atoms with Crippen LogP contribution in [0.2, 0.25) is 0 Å². The largest absolute Gasteiger partial charge is 0.372 e. The van der Waals surface area contributed by atoms with Gasteiger partial charge in [0.15, 0.2) is 0 Å². The van der Waals surface area contributed by atoms with E-state index in [4.69, 9.17) is 4.74 Å². The molecule has 6 nitrogen and oxygen atoms in total. The third kappa shape index (κ3) is 3.75. The van der Waals surface area contributed by atoms with Crippen molar-refractivity contribution in [1.82, 2.24) is 14.8 Å². The molecule has 30 heavy (non-hydrogen) atoms. The quantitative estimate of drug-likeness (QED) is 0.732. The predicted molar refractivity (Wildman–Crippen MR) is 114 cm³/mol. The summed E-state index contributed by atoms with van der Waals surface area (Å²) in [7, 11) is 0. The van der Waals surface area contributed by atoms with Gasteiger partial charge in [-0.3, -0.25) is 19.5 Å². The zero-order chi connectivity index (χ0) is 21.4. The molecule has 3 heterocycles. The molecule has 0 spiro atoms. The number of amides is 2. The number of ether oxygens (including phenoxy) is 1. The van der Waals surface area contributed by atoms with E-state index in [1.54, 1.807) is 6.20 Å². The second kappa shape index (κ2) is 8.03. The highest BCUT2D eigenvalue weighted by Gasteiger charge is 2.43. The van der Waals surface area contributed by atoms with Gasteiger partial charge in [-0.2, -0.15) is 0 Å². The molecule has 1 aromatic carbocycles. The van der Waals surface area contributed by atoms with E-state index in [1.165, 1.54) is 4.90 Å². The van der Waals surface area contributed by atoms with Gasteiger partial charge in [0.2, 0.25) is 0 Å². The van der Waals surface area contributed by atoms with Gasteiger partial charge in [0.25, 0.3) is 11.8 Å². The summed E-state index contributed by atoms with van der Waals surface area (Å²) in [5.41, 5.74) is 4.56. The van der Waals surface area contributed by atoms with E-state index < -0.39 is 0 Å². The summed E-state index contributed by atoms with van der Waals surface area (Å²) in [5.74, 6) is -0.527. The molecule has 2 aromatic rings. The maximum Gasteiger partial charge on any atom is 0.278 e. The molecule has 1 fully saturated rings. The maximum absolute atomic E-state index is 13.5. The van der Waals surface area contributed by atoms with E-state index in [9.17, 15) is 9.59 Å². The fraction of sp³-hybridized carbons (Fsp3) is 0.375. The first kappa shape index (κ1) is 20.3. The molecule has 156 valence electrons. The summed E-state index contributed by atoms with van der Waals surface area (Å²) in [6.45, 7) is 9.30. The number of hydrogen-bond acceptors (Lipinski definition) is 5. The van der Waals surface area contributed by atoms with Crippen LogP contribution < -0.4 is 0 Å². The first-order valence-corrected chi connectivity index (χ1v) is 10.3. The van der Waals surface area contributed by atoms with E-state index in [1.807, 2.05) is 69.0 Å². The Morgan fingerprint density at radius 3 is 2.40 bits per heavy atom. The normalized spacial score (nSPS) is 22.3. The van der Waals surface area contributed by atoms with Crippen molar-refractivity contribution in [2.24, 2.45) is 0 Å². The molecule has 2 amide bonds. The average Bonchev–Trinajstić information content (AvgIpc) is 2.93.